The zero-order valence-corrected chi connectivity index (χ0v) is 19.6. The lowest BCUT2D eigenvalue weighted by Crippen LogP contribution is -2.45. The molecule has 0 saturated heterocycles. The molecule has 0 aliphatic heterocycles. The number of hydrogen-bond donors (Lipinski definition) is 1. The molecule has 28 heavy (non-hydrogen) atoms. The summed E-state index contributed by atoms with van der Waals surface area (Å²) in [7, 11) is 0. The second kappa shape index (κ2) is 10.0. The van der Waals surface area contributed by atoms with Crippen LogP contribution in [0, 0.1) is 40.9 Å². The van der Waals surface area contributed by atoms with Gasteiger partial charge in [-0.2, -0.15) is 0 Å². The van der Waals surface area contributed by atoms with Crippen LogP contribution >= 0.6 is 0 Å². The summed E-state index contributed by atoms with van der Waals surface area (Å²) in [4.78, 5) is 0. The van der Waals surface area contributed by atoms with Crippen molar-refractivity contribution in [3.63, 3.8) is 0 Å². The van der Waals surface area contributed by atoms with Crippen molar-refractivity contribution < 1.29 is 0 Å². The predicted octanol–water partition coefficient (Wildman–Crippen LogP) is 7.97. The summed E-state index contributed by atoms with van der Waals surface area (Å²) in [6, 6.07) is 0. The molecule has 3 aliphatic rings. The molecule has 162 valence electrons. The van der Waals surface area contributed by atoms with Gasteiger partial charge in [-0.05, 0) is 92.8 Å². The molecule has 0 heterocycles. The minimum absolute atomic E-state index is 0.624. The summed E-state index contributed by atoms with van der Waals surface area (Å²) in [5, 5.41) is 3.41. The SMILES string of the molecule is C=C(CCCC1CCC2C3C(C)CCCCCCC(C)C3CCC12C)NCC. The standard InChI is InChI=1S/C27H49N/c1-6-28-22(4)14-11-15-23-16-17-25-26-21(3)13-10-8-7-9-12-20(2)24(26)18-19-27(23,25)5/h20-21,23-26,28H,4,6-19H2,1-3,5H3. The van der Waals surface area contributed by atoms with Crippen LogP contribution in [0.25, 0.3) is 0 Å². The first-order chi connectivity index (χ1) is 13.5. The van der Waals surface area contributed by atoms with Gasteiger partial charge in [0.25, 0.3) is 0 Å². The normalized spacial score (nSPS) is 41.7. The fourth-order valence-corrected chi connectivity index (χ4v) is 7.88. The van der Waals surface area contributed by atoms with Crippen LogP contribution in [0.3, 0.4) is 0 Å². The van der Waals surface area contributed by atoms with Gasteiger partial charge in [-0.1, -0.05) is 65.9 Å². The number of rotatable bonds is 6. The lowest BCUT2D eigenvalue weighted by molar-refractivity contribution is -0.0383. The van der Waals surface area contributed by atoms with Crippen molar-refractivity contribution in [3.05, 3.63) is 12.3 Å². The van der Waals surface area contributed by atoms with E-state index in [1.807, 2.05) is 0 Å². The van der Waals surface area contributed by atoms with Crippen LogP contribution in [0.5, 0.6) is 0 Å². The minimum atomic E-state index is 0.624. The quantitative estimate of drug-likeness (QED) is 0.487. The van der Waals surface area contributed by atoms with Crippen molar-refractivity contribution in [1.29, 1.82) is 0 Å². The summed E-state index contributed by atoms with van der Waals surface area (Å²) in [6.45, 7) is 15.3. The molecule has 7 unspecified atom stereocenters. The van der Waals surface area contributed by atoms with Crippen LogP contribution in [-0.2, 0) is 0 Å². The van der Waals surface area contributed by atoms with E-state index in [2.05, 4.69) is 39.6 Å². The molecule has 3 saturated carbocycles. The molecule has 1 heteroatoms. The molecule has 3 fully saturated rings. The molecular formula is C27H49N. The van der Waals surface area contributed by atoms with Crippen LogP contribution in [0.2, 0.25) is 0 Å². The van der Waals surface area contributed by atoms with Gasteiger partial charge in [0.1, 0.15) is 0 Å². The number of nitrogens with one attached hydrogen (secondary N) is 1. The van der Waals surface area contributed by atoms with Crippen molar-refractivity contribution in [2.45, 2.75) is 111 Å². The van der Waals surface area contributed by atoms with E-state index in [-0.39, 0.29) is 0 Å². The van der Waals surface area contributed by atoms with Gasteiger partial charge in [-0.25, -0.2) is 0 Å². The van der Waals surface area contributed by atoms with E-state index in [9.17, 15) is 0 Å². The van der Waals surface area contributed by atoms with Gasteiger partial charge < -0.3 is 5.32 Å². The van der Waals surface area contributed by atoms with Crippen molar-refractivity contribution in [3.8, 4) is 0 Å². The topological polar surface area (TPSA) is 12.0 Å². The highest BCUT2D eigenvalue weighted by Gasteiger charge is 2.54. The summed E-state index contributed by atoms with van der Waals surface area (Å²) in [5.74, 6) is 5.89. The van der Waals surface area contributed by atoms with E-state index in [1.54, 1.807) is 0 Å². The molecule has 0 radical (unpaired) electrons. The highest BCUT2D eigenvalue weighted by atomic mass is 14.9. The van der Waals surface area contributed by atoms with Crippen molar-refractivity contribution >= 4 is 0 Å². The summed E-state index contributed by atoms with van der Waals surface area (Å²) in [5.41, 5.74) is 1.87. The molecule has 0 aromatic carbocycles. The molecule has 0 bridgehead atoms. The first kappa shape index (κ1) is 22.2. The van der Waals surface area contributed by atoms with Crippen molar-refractivity contribution in [1.82, 2.24) is 5.32 Å². The van der Waals surface area contributed by atoms with E-state index in [1.165, 1.54) is 89.2 Å². The number of allylic oxidation sites excluding steroid dienone is 1. The summed E-state index contributed by atoms with van der Waals surface area (Å²) in [6.07, 6.45) is 18.9. The van der Waals surface area contributed by atoms with Gasteiger partial charge in [0, 0.05) is 12.2 Å². The molecule has 1 nitrogen and oxygen atoms in total. The van der Waals surface area contributed by atoms with E-state index >= 15 is 0 Å². The Labute approximate surface area is 176 Å². The molecule has 7 atom stereocenters. The average molecular weight is 388 g/mol. The van der Waals surface area contributed by atoms with Gasteiger partial charge in [-0.15, -0.1) is 0 Å². The Balaban J connectivity index is 1.68. The molecular weight excluding hydrogens is 338 g/mol. The molecule has 1 N–H and O–H groups in total. The maximum Gasteiger partial charge on any atom is 0.0115 e. The molecule has 0 aromatic rings. The molecule has 3 aliphatic carbocycles. The molecule has 0 spiro atoms. The van der Waals surface area contributed by atoms with Crippen LogP contribution in [0.1, 0.15) is 111 Å². The average Bonchev–Trinajstić information content (AvgIpc) is 2.99. The van der Waals surface area contributed by atoms with E-state index in [0.29, 0.717) is 5.41 Å². The molecule has 0 aromatic heterocycles. The second-order valence-electron chi connectivity index (χ2n) is 11.1. The minimum Gasteiger partial charge on any atom is -0.389 e. The third-order valence-corrected chi connectivity index (χ3v) is 9.50. The fourth-order valence-electron chi connectivity index (χ4n) is 7.88. The molecule has 0 amide bonds. The summed E-state index contributed by atoms with van der Waals surface area (Å²) < 4.78 is 0. The van der Waals surface area contributed by atoms with Crippen molar-refractivity contribution in [2.24, 2.45) is 40.9 Å². The first-order valence-electron chi connectivity index (χ1n) is 12.9. The highest BCUT2D eigenvalue weighted by Crippen LogP contribution is 2.63. The Morgan fingerprint density at radius 2 is 1.68 bits per heavy atom. The summed E-state index contributed by atoms with van der Waals surface area (Å²) >= 11 is 0. The van der Waals surface area contributed by atoms with E-state index in [0.717, 1.165) is 42.1 Å². The van der Waals surface area contributed by atoms with Gasteiger partial charge in [0.15, 0.2) is 0 Å². The second-order valence-corrected chi connectivity index (χ2v) is 11.1. The van der Waals surface area contributed by atoms with Gasteiger partial charge in [0.2, 0.25) is 0 Å². The first-order valence-corrected chi connectivity index (χ1v) is 12.9. The maximum atomic E-state index is 4.20. The zero-order valence-electron chi connectivity index (χ0n) is 19.6. The Hall–Kier alpha value is -0.460. The van der Waals surface area contributed by atoms with Crippen LogP contribution < -0.4 is 5.32 Å². The predicted molar refractivity (Wildman–Crippen MR) is 123 cm³/mol. The molecule has 3 rings (SSSR count). The van der Waals surface area contributed by atoms with E-state index < -0.39 is 0 Å². The van der Waals surface area contributed by atoms with Crippen LogP contribution in [0.15, 0.2) is 12.3 Å². The van der Waals surface area contributed by atoms with Crippen molar-refractivity contribution in [2.75, 3.05) is 6.54 Å². The lowest BCUT2D eigenvalue weighted by atomic mass is 9.52. The number of hydrogen-bond acceptors (Lipinski definition) is 1. The number of fused-ring (bicyclic) bond motifs is 3. The third-order valence-electron chi connectivity index (χ3n) is 9.50. The largest absolute Gasteiger partial charge is 0.389 e. The smallest absolute Gasteiger partial charge is 0.0115 e. The Kier molecular flexibility index (Phi) is 7.97. The lowest BCUT2D eigenvalue weighted by Gasteiger charge is -2.53. The van der Waals surface area contributed by atoms with Gasteiger partial charge in [-0.3, -0.25) is 0 Å². The maximum absolute atomic E-state index is 4.20. The fraction of sp³-hybridized carbons (Fsp3) is 0.926. The Morgan fingerprint density at radius 1 is 0.964 bits per heavy atom. The highest BCUT2D eigenvalue weighted by molar-refractivity contribution is 5.04. The van der Waals surface area contributed by atoms with Gasteiger partial charge in [0.05, 0.1) is 0 Å². The Morgan fingerprint density at radius 3 is 2.39 bits per heavy atom. The third kappa shape index (κ3) is 4.81. The Bertz CT molecular complexity index is 496. The van der Waals surface area contributed by atoms with E-state index in [4.69, 9.17) is 0 Å². The monoisotopic (exact) mass is 387 g/mol. The van der Waals surface area contributed by atoms with Crippen LogP contribution in [-0.4, -0.2) is 6.54 Å². The van der Waals surface area contributed by atoms with Crippen LogP contribution in [0.4, 0.5) is 0 Å². The zero-order chi connectivity index (χ0) is 20.1. The van der Waals surface area contributed by atoms with Gasteiger partial charge >= 0.3 is 0 Å².